The van der Waals surface area contributed by atoms with Gasteiger partial charge in [-0.3, -0.25) is 4.79 Å². The Kier molecular flexibility index (Phi) is 6.09. The summed E-state index contributed by atoms with van der Waals surface area (Å²) in [6.45, 7) is 5.29. The number of nitrogens with zero attached hydrogens (tertiary/aromatic N) is 3. The Labute approximate surface area is 169 Å². The molecule has 0 saturated carbocycles. The van der Waals surface area contributed by atoms with Gasteiger partial charge in [0.05, 0.1) is 11.4 Å². The second-order valence-electron chi connectivity index (χ2n) is 6.52. The number of anilines is 1. The second-order valence-corrected chi connectivity index (χ2v) is 8.46. The van der Waals surface area contributed by atoms with E-state index in [2.05, 4.69) is 15.5 Å². The van der Waals surface area contributed by atoms with Crippen LogP contribution in [-0.4, -0.2) is 35.3 Å². The lowest BCUT2D eigenvalue weighted by Crippen LogP contribution is -2.30. The number of rotatable bonds is 7. The van der Waals surface area contributed by atoms with Crippen LogP contribution in [0.1, 0.15) is 25.3 Å². The number of sulfonamides is 1. The molecule has 0 aliphatic rings. The van der Waals surface area contributed by atoms with Gasteiger partial charge in [0.1, 0.15) is 0 Å². The van der Waals surface area contributed by atoms with Crippen molar-refractivity contribution in [3.63, 3.8) is 0 Å². The van der Waals surface area contributed by atoms with Crippen LogP contribution < -0.4 is 5.32 Å². The Bertz CT molecular complexity index is 1110. The number of hydrogen-bond acceptors (Lipinski definition) is 6. The Morgan fingerprint density at radius 2 is 1.90 bits per heavy atom. The van der Waals surface area contributed by atoms with Crippen LogP contribution in [0.2, 0.25) is 0 Å². The van der Waals surface area contributed by atoms with Crippen molar-refractivity contribution in [1.82, 2.24) is 14.4 Å². The third-order valence-corrected chi connectivity index (χ3v) is 6.16. The van der Waals surface area contributed by atoms with Crippen molar-refractivity contribution in [1.29, 1.82) is 0 Å². The van der Waals surface area contributed by atoms with E-state index in [4.69, 9.17) is 4.52 Å². The monoisotopic (exact) mass is 414 g/mol. The maximum absolute atomic E-state index is 13.0. The number of nitrogens with one attached hydrogen (secondary N) is 1. The third-order valence-electron chi connectivity index (χ3n) is 4.22. The molecule has 0 bridgehead atoms. The topological polar surface area (TPSA) is 105 Å². The average molecular weight is 414 g/mol. The third kappa shape index (κ3) is 4.87. The summed E-state index contributed by atoms with van der Waals surface area (Å²) >= 11 is 0. The maximum atomic E-state index is 13.0. The van der Waals surface area contributed by atoms with Gasteiger partial charge in [-0.15, -0.1) is 0 Å². The van der Waals surface area contributed by atoms with E-state index in [0.29, 0.717) is 11.5 Å². The summed E-state index contributed by atoms with van der Waals surface area (Å²) in [5.41, 5.74) is 2.40. The van der Waals surface area contributed by atoms with Gasteiger partial charge in [0, 0.05) is 24.7 Å². The predicted octanol–water partition coefficient (Wildman–Crippen LogP) is 3.21. The summed E-state index contributed by atoms with van der Waals surface area (Å²) in [6, 6.07) is 13.7. The molecular formula is C20H22N4O4S. The van der Waals surface area contributed by atoms with Gasteiger partial charge in [-0.05, 0) is 37.3 Å². The van der Waals surface area contributed by atoms with Gasteiger partial charge in [0.25, 0.3) is 0 Å². The molecule has 1 N–H and O–H groups in total. The predicted molar refractivity (Wildman–Crippen MR) is 108 cm³/mol. The van der Waals surface area contributed by atoms with Crippen LogP contribution in [0.25, 0.3) is 11.4 Å². The van der Waals surface area contributed by atoms with Crippen LogP contribution in [0.4, 0.5) is 5.69 Å². The van der Waals surface area contributed by atoms with Crippen molar-refractivity contribution in [2.24, 2.45) is 0 Å². The Hall–Kier alpha value is -3.04. The summed E-state index contributed by atoms with van der Waals surface area (Å²) in [5.74, 6) is 0.398. The molecule has 1 aromatic heterocycles. The molecule has 8 nitrogen and oxygen atoms in total. The number of benzene rings is 2. The second kappa shape index (κ2) is 8.54. The van der Waals surface area contributed by atoms with Crippen molar-refractivity contribution in [3.8, 4) is 11.4 Å². The molecule has 2 aromatic carbocycles. The quantitative estimate of drug-likeness (QED) is 0.636. The van der Waals surface area contributed by atoms with Gasteiger partial charge >= 0.3 is 0 Å². The minimum atomic E-state index is -3.76. The molecule has 3 aromatic rings. The minimum absolute atomic E-state index is 0.0366. The SMILES string of the molecule is CCN(Cc1nc(-c2cccc(C)c2)no1)S(=O)(=O)c1ccc(NC(C)=O)cc1. The standard InChI is InChI=1S/C20H22N4O4S/c1-4-24(29(26,27)18-10-8-17(9-11-18)21-15(3)25)13-19-22-20(23-28-19)16-7-5-6-14(2)12-16/h5-12H,4,13H2,1-3H3,(H,21,25). The lowest BCUT2D eigenvalue weighted by atomic mass is 10.1. The molecule has 9 heteroatoms. The fourth-order valence-corrected chi connectivity index (χ4v) is 4.20. The van der Waals surface area contributed by atoms with Crippen LogP contribution in [0.15, 0.2) is 57.9 Å². The van der Waals surface area contributed by atoms with E-state index in [-0.39, 0.29) is 29.8 Å². The van der Waals surface area contributed by atoms with E-state index < -0.39 is 10.0 Å². The van der Waals surface area contributed by atoms with Gasteiger partial charge in [-0.2, -0.15) is 9.29 Å². The molecule has 0 saturated heterocycles. The van der Waals surface area contributed by atoms with Crippen molar-refractivity contribution in [3.05, 3.63) is 60.0 Å². The summed E-state index contributed by atoms with van der Waals surface area (Å²) in [4.78, 5) is 15.6. The molecule has 0 spiro atoms. The summed E-state index contributed by atoms with van der Waals surface area (Å²) < 4.78 is 32.5. The summed E-state index contributed by atoms with van der Waals surface area (Å²) in [5, 5.41) is 6.57. The highest BCUT2D eigenvalue weighted by atomic mass is 32.2. The molecule has 0 aliphatic carbocycles. The van der Waals surface area contributed by atoms with E-state index in [0.717, 1.165) is 11.1 Å². The zero-order valence-corrected chi connectivity index (χ0v) is 17.2. The Morgan fingerprint density at radius 3 is 2.52 bits per heavy atom. The first-order chi connectivity index (χ1) is 13.8. The summed E-state index contributed by atoms with van der Waals surface area (Å²) in [7, 11) is -3.76. The number of aromatic nitrogens is 2. The van der Waals surface area contributed by atoms with Crippen molar-refractivity contribution in [2.75, 3.05) is 11.9 Å². The first-order valence-corrected chi connectivity index (χ1v) is 10.5. The highest BCUT2D eigenvalue weighted by Crippen LogP contribution is 2.22. The van der Waals surface area contributed by atoms with Crippen molar-refractivity contribution < 1.29 is 17.7 Å². The molecular weight excluding hydrogens is 392 g/mol. The smallest absolute Gasteiger partial charge is 0.243 e. The summed E-state index contributed by atoms with van der Waals surface area (Å²) in [6.07, 6.45) is 0. The zero-order chi connectivity index (χ0) is 21.0. The minimum Gasteiger partial charge on any atom is -0.338 e. The van der Waals surface area contributed by atoms with E-state index in [1.54, 1.807) is 19.1 Å². The van der Waals surface area contributed by atoms with Crippen molar-refractivity contribution in [2.45, 2.75) is 32.2 Å². The van der Waals surface area contributed by atoms with Crippen LogP contribution in [-0.2, 0) is 21.4 Å². The molecule has 0 unspecified atom stereocenters. The number of carbonyl (C=O) groups is 1. The highest BCUT2D eigenvalue weighted by molar-refractivity contribution is 7.89. The van der Waals surface area contributed by atoms with Crippen LogP contribution in [0, 0.1) is 6.92 Å². The van der Waals surface area contributed by atoms with E-state index in [9.17, 15) is 13.2 Å². The molecule has 0 fully saturated rings. The molecule has 1 amide bonds. The van der Waals surface area contributed by atoms with Crippen molar-refractivity contribution >= 4 is 21.6 Å². The molecule has 0 radical (unpaired) electrons. The molecule has 1 heterocycles. The van der Waals surface area contributed by atoms with Gasteiger partial charge in [0.15, 0.2) is 0 Å². The molecule has 29 heavy (non-hydrogen) atoms. The van der Waals surface area contributed by atoms with Gasteiger partial charge in [-0.25, -0.2) is 8.42 Å². The zero-order valence-electron chi connectivity index (χ0n) is 16.4. The maximum Gasteiger partial charge on any atom is 0.243 e. The highest BCUT2D eigenvalue weighted by Gasteiger charge is 2.25. The van der Waals surface area contributed by atoms with E-state index in [1.165, 1.54) is 23.4 Å². The van der Waals surface area contributed by atoms with E-state index >= 15 is 0 Å². The van der Waals surface area contributed by atoms with Crippen LogP contribution in [0.3, 0.4) is 0 Å². The number of carbonyl (C=O) groups excluding carboxylic acids is 1. The van der Waals surface area contributed by atoms with Gasteiger partial charge < -0.3 is 9.84 Å². The fourth-order valence-electron chi connectivity index (χ4n) is 2.80. The molecule has 3 rings (SSSR count). The van der Waals surface area contributed by atoms with Gasteiger partial charge in [-0.1, -0.05) is 35.8 Å². The molecule has 0 atom stereocenters. The first-order valence-electron chi connectivity index (χ1n) is 9.07. The lowest BCUT2D eigenvalue weighted by molar-refractivity contribution is -0.114. The first kappa shape index (κ1) is 20.7. The molecule has 0 aliphatic heterocycles. The van der Waals surface area contributed by atoms with Crippen LogP contribution >= 0.6 is 0 Å². The molecule has 152 valence electrons. The number of amides is 1. The normalized spacial score (nSPS) is 11.6. The van der Waals surface area contributed by atoms with Gasteiger partial charge in [0.2, 0.25) is 27.6 Å². The Balaban J connectivity index is 1.79. The largest absolute Gasteiger partial charge is 0.338 e. The average Bonchev–Trinajstić information content (AvgIpc) is 3.14. The number of hydrogen-bond donors (Lipinski definition) is 1. The van der Waals surface area contributed by atoms with Crippen LogP contribution in [0.5, 0.6) is 0 Å². The lowest BCUT2D eigenvalue weighted by Gasteiger charge is -2.18. The van der Waals surface area contributed by atoms with E-state index in [1.807, 2.05) is 31.2 Å². The fraction of sp³-hybridized carbons (Fsp3) is 0.250. The number of aryl methyl sites for hydroxylation is 1. The Morgan fingerprint density at radius 1 is 1.17 bits per heavy atom.